The van der Waals surface area contributed by atoms with Crippen LogP contribution in [0.15, 0.2) is 48.5 Å². The molecule has 136 valence electrons. The first-order chi connectivity index (χ1) is 12.5. The summed E-state index contributed by atoms with van der Waals surface area (Å²) >= 11 is 0. The lowest BCUT2D eigenvalue weighted by molar-refractivity contribution is -0.135. The number of halogens is 1. The summed E-state index contributed by atoms with van der Waals surface area (Å²) in [7, 11) is 0. The van der Waals surface area contributed by atoms with Crippen molar-refractivity contribution in [3.05, 3.63) is 71.0 Å². The number of benzene rings is 2. The Balaban J connectivity index is 1.58. The third-order valence-electron chi connectivity index (χ3n) is 5.10. The summed E-state index contributed by atoms with van der Waals surface area (Å²) in [6.45, 7) is 0.451. The van der Waals surface area contributed by atoms with Gasteiger partial charge >= 0.3 is 5.97 Å². The van der Waals surface area contributed by atoms with E-state index in [0.717, 1.165) is 30.4 Å². The summed E-state index contributed by atoms with van der Waals surface area (Å²) in [6.07, 6.45) is 3.74. The lowest BCUT2D eigenvalue weighted by Gasteiger charge is -2.40. The normalized spacial score (nSPS) is 15.1. The first kappa shape index (κ1) is 18.1. The molecular formula is C21H22FNO3. The van der Waals surface area contributed by atoms with Crippen molar-refractivity contribution in [2.24, 2.45) is 5.41 Å². The van der Waals surface area contributed by atoms with Gasteiger partial charge in [0, 0.05) is 6.54 Å². The fraction of sp³-hybridized carbons (Fsp3) is 0.333. The van der Waals surface area contributed by atoms with Gasteiger partial charge in [-0.15, -0.1) is 0 Å². The van der Waals surface area contributed by atoms with Gasteiger partial charge < -0.3 is 10.4 Å². The number of carbonyl (C=O) groups excluding carboxylic acids is 1. The van der Waals surface area contributed by atoms with Gasteiger partial charge in [0.25, 0.3) is 0 Å². The molecule has 0 saturated heterocycles. The fourth-order valence-electron chi connectivity index (χ4n) is 3.49. The Morgan fingerprint density at radius 2 is 1.81 bits per heavy atom. The van der Waals surface area contributed by atoms with Crippen LogP contribution >= 0.6 is 0 Å². The van der Waals surface area contributed by atoms with Gasteiger partial charge in [-0.25, -0.2) is 9.18 Å². The molecule has 2 aromatic rings. The molecule has 0 aliphatic heterocycles. The van der Waals surface area contributed by atoms with Crippen LogP contribution < -0.4 is 5.32 Å². The Morgan fingerprint density at radius 1 is 1.08 bits per heavy atom. The first-order valence-electron chi connectivity index (χ1n) is 8.83. The molecule has 0 aromatic heterocycles. The van der Waals surface area contributed by atoms with Gasteiger partial charge in [-0.05, 0) is 61.1 Å². The van der Waals surface area contributed by atoms with Gasteiger partial charge in [-0.2, -0.15) is 0 Å². The summed E-state index contributed by atoms with van der Waals surface area (Å²) in [5.41, 5.74) is 1.51. The fourth-order valence-corrected chi connectivity index (χ4v) is 3.49. The standard InChI is InChI=1S/C21H22FNO3/c22-18-7-2-5-16(13-18)14-21(9-3-10-21)20(26)23-11-8-15-4-1-6-17(12-15)19(24)25/h1-2,4-7,12-13H,3,8-11,14H2,(H,23,26)(H,24,25). The highest BCUT2D eigenvalue weighted by atomic mass is 19.1. The molecule has 0 atom stereocenters. The van der Waals surface area contributed by atoms with Crippen molar-refractivity contribution >= 4 is 11.9 Å². The van der Waals surface area contributed by atoms with Crippen molar-refractivity contribution in [1.29, 1.82) is 0 Å². The first-order valence-corrected chi connectivity index (χ1v) is 8.83. The van der Waals surface area contributed by atoms with Crippen molar-refractivity contribution in [3.63, 3.8) is 0 Å². The van der Waals surface area contributed by atoms with Crippen molar-refractivity contribution in [2.45, 2.75) is 32.1 Å². The third kappa shape index (κ3) is 4.10. The highest BCUT2D eigenvalue weighted by Crippen LogP contribution is 2.44. The molecule has 0 spiro atoms. The maximum atomic E-state index is 13.4. The van der Waals surface area contributed by atoms with Crippen molar-refractivity contribution < 1.29 is 19.1 Å². The van der Waals surface area contributed by atoms with Gasteiger partial charge in [-0.1, -0.05) is 30.7 Å². The van der Waals surface area contributed by atoms with Crippen LogP contribution in [0.5, 0.6) is 0 Å². The zero-order valence-electron chi connectivity index (χ0n) is 14.5. The molecule has 1 saturated carbocycles. The van der Waals surface area contributed by atoms with E-state index in [2.05, 4.69) is 5.32 Å². The van der Waals surface area contributed by atoms with Crippen LogP contribution in [0.2, 0.25) is 0 Å². The number of hydrogen-bond acceptors (Lipinski definition) is 2. The lowest BCUT2D eigenvalue weighted by Crippen LogP contribution is -2.47. The monoisotopic (exact) mass is 355 g/mol. The highest BCUT2D eigenvalue weighted by molar-refractivity contribution is 5.87. The quantitative estimate of drug-likeness (QED) is 0.798. The van der Waals surface area contributed by atoms with Gasteiger partial charge in [0.15, 0.2) is 0 Å². The Bertz CT molecular complexity index is 814. The number of aromatic carboxylic acids is 1. The van der Waals surface area contributed by atoms with Gasteiger partial charge in [0.2, 0.25) is 5.91 Å². The molecule has 26 heavy (non-hydrogen) atoms. The molecule has 1 amide bonds. The van der Waals surface area contributed by atoms with E-state index in [4.69, 9.17) is 5.11 Å². The van der Waals surface area contributed by atoms with Crippen LogP contribution in [0.4, 0.5) is 4.39 Å². The second-order valence-corrected chi connectivity index (χ2v) is 6.95. The van der Waals surface area contributed by atoms with Crippen LogP contribution in [0.25, 0.3) is 0 Å². The van der Waals surface area contributed by atoms with E-state index < -0.39 is 11.4 Å². The minimum atomic E-state index is -0.959. The molecule has 2 aromatic carbocycles. The summed E-state index contributed by atoms with van der Waals surface area (Å²) in [5.74, 6) is -1.24. The summed E-state index contributed by atoms with van der Waals surface area (Å²) in [6, 6.07) is 13.2. The van der Waals surface area contributed by atoms with Crippen molar-refractivity contribution in [1.82, 2.24) is 5.32 Å². The number of carboxylic acid groups (broad SMARTS) is 1. The molecule has 0 heterocycles. The van der Waals surface area contributed by atoms with Gasteiger partial charge in [-0.3, -0.25) is 4.79 Å². The second-order valence-electron chi connectivity index (χ2n) is 6.95. The predicted octanol–water partition coefficient (Wildman–Crippen LogP) is 3.60. The maximum absolute atomic E-state index is 13.4. The molecular weight excluding hydrogens is 333 g/mol. The van der Waals surface area contributed by atoms with Gasteiger partial charge in [0.1, 0.15) is 5.82 Å². The Kier molecular flexibility index (Phi) is 5.35. The minimum absolute atomic E-state index is 0.00222. The van der Waals surface area contributed by atoms with E-state index in [1.165, 1.54) is 12.1 Å². The van der Waals surface area contributed by atoms with Crippen LogP contribution in [0.1, 0.15) is 40.7 Å². The van der Waals surface area contributed by atoms with Crippen LogP contribution in [0.3, 0.4) is 0 Å². The summed E-state index contributed by atoms with van der Waals surface area (Å²) in [5, 5.41) is 12.0. The minimum Gasteiger partial charge on any atom is -0.478 e. The molecule has 3 rings (SSSR count). The van der Waals surface area contributed by atoms with E-state index in [1.807, 2.05) is 12.1 Å². The van der Waals surface area contributed by atoms with E-state index >= 15 is 0 Å². The third-order valence-corrected chi connectivity index (χ3v) is 5.10. The molecule has 4 nitrogen and oxygen atoms in total. The number of amides is 1. The summed E-state index contributed by atoms with van der Waals surface area (Å²) < 4.78 is 13.4. The number of hydrogen-bond donors (Lipinski definition) is 2. The molecule has 5 heteroatoms. The largest absolute Gasteiger partial charge is 0.478 e. The SMILES string of the molecule is O=C(O)c1cccc(CCNC(=O)C2(Cc3cccc(F)c3)CCC2)c1. The average molecular weight is 355 g/mol. The topological polar surface area (TPSA) is 66.4 Å². The van der Waals surface area contributed by atoms with Crippen LogP contribution in [-0.2, 0) is 17.6 Å². The zero-order valence-corrected chi connectivity index (χ0v) is 14.5. The Labute approximate surface area is 152 Å². The molecule has 1 aliphatic carbocycles. The van der Waals surface area contributed by atoms with E-state index in [1.54, 1.807) is 24.3 Å². The maximum Gasteiger partial charge on any atom is 0.335 e. The molecule has 0 unspecified atom stereocenters. The molecule has 2 N–H and O–H groups in total. The number of rotatable bonds is 7. The average Bonchev–Trinajstić information content (AvgIpc) is 2.58. The zero-order chi connectivity index (χ0) is 18.6. The van der Waals surface area contributed by atoms with E-state index in [9.17, 15) is 14.0 Å². The number of carbonyl (C=O) groups is 2. The lowest BCUT2D eigenvalue weighted by atomic mass is 9.64. The van der Waals surface area contributed by atoms with Crippen molar-refractivity contribution in [2.75, 3.05) is 6.54 Å². The highest BCUT2D eigenvalue weighted by Gasteiger charge is 2.43. The second kappa shape index (κ2) is 7.68. The Morgan fingerprint density at radius 3 is 2.46 bits per heavy atom. The number of carboxylic acids is 1. The van der Waals surface area contributed by atoms with Gasteiger partial charge in [0.05, 0.1) is 11.0 Å². The van der Waals surface area contributed by atoms with E-state index in [-0.39, 0.29) is 17.3 Å². The molecule has 1 aliphatic rings. The van der Waals surface area contributed by atoms with Crippen LogP contribution in [-0.4, -0.2) is 23.5 Å². The smallest absolute Gasteiger partial charge is 0.335 e. The number of nitrogens with one attached hydrogen (secondary N) is 1. The molecule has 0 radical (unpaired) electrons. The summed E-state index contributed by atoms with van der Waals surface area (Å²) in [4.78, 5) is 23.7. The van der Waals surface area contributed by atoms with E-state index in [0.29, 0.717) is 19.4 Å². The van der Waals surface area contributed by atoms with Crippen molar-refractivity contribution in [3.8, 4) is 0 Å². The predicted molar refractivity (Wildman–Crippen MR) is 96.5 cm³/mol. The molecule has 0 bridgehead atoms. The van der Waals surface area contributed by atoms with Crippen LogP contribution in [0, 0.1) is 11.2 Å². The molecule has 1 fully saturated rings. The Hall–Kier alpha value is -2.69.